The fourth-order valence-electron chi connectivity index (χ4n) is 10.5. The molecule has 0 bridgehead atoms. The van der Waals surface area contributed by atoms with Crippen molar-refractivity contribution in [2.24, 2.45) is 0 Å². The maximum absolute atomic E-state index is 11.8. The van der Waals surface area contributed by atoms with Crippen molar-refractivity contribution in [1.82, 2.24) is 41.7 Å². The van der Waals surface area contributed by atoms with Crippen molar-refractivity contribution in [3.8, 4) is 44.5 Å². The van der Waals surface area contributed by atoms with E-state index in [2.05, 4.69) is 52.0 Å². The number of rotatable bonds is 16. The zero-order valence-electron chi connectivity index (χ0n) is 55.9. The summed E-state index contributed by atoms with van der Waals surface area (Å²) in [6.45, 7) is 13.0. The molecule has 4 heterocycles. The molecule has 0 saturated heterocycles. The molecule has 4 aromatic heterocycles. The van der Waals surface area contributed by atoms with Gasteiger partial charge in [-0.05, 0) is 156 Å². The van der Waals surface area contributed by atoms with Gasteiger partial charge in [-0.3, -0.25) is 30.2 Å². The van der Waals surface area contributed by atoms with E-state index in [-0.39, 0.29) is 103 Å². The monoisotopic (exact) mass is 1580 g/mol. The Kier molecular flexibility index (Phi) is 30.2. The third-order valence-electron chi connectivity index (χ3n) is 15.2. The average Bonchev–Trinajstić information content (AvgIpc) is 1.70. The third kappa shape index (κ3) is 19.9. The van der Waals surface area contributed by atoms with Gasteiger partial charge in [-0.25, -0.2) is 11.0 Å². The fourth-order valence-corrected chi connectivity index (χ4v) is 12.9. The largest absolute Gasteiger partial charge is 1.00 e. The first-order valence-corrected chi connectivity index (χ1v) is 32.8. The number of benzene rings is 8. The number of nitrogens with zero attached hydrogens (tertiary/aromatic N) is 4. The second kappa shape index (κ2) is 37.5. The Balaban J connectivity index is 0.000000191. The smallest absolute Gasteiger partial charge is 0.545 e. The van der Waals surface area contributed by atoms with Crippen LogP contribution in [-0.4, -0.2) is 64.9 Å². The van der Waals surface area contributed by atoms with Crippen LogP contribution < -0.4 is 123 Å². The molecule has 2 amide bonds. The minimum Gasteiger partial charge on any atom is -0.545 e. The predicted molar refractivity (Wildman–Crippen MR) is 391 cm³/mol. The number of aromatic carboxylic acids is 2. The average molecular weight is 1580 g/mol. The molecule has 0 unspecified atom stereocenters. The summed E-state index contributed by atoms with van der Waals surface area (Å²) in [4.78, 5) is 46.0. The van der Waals surface area contributed by atoms with Crippen molar-refractivity contribution in [2.75, 3.05) is 21.3 Å². The minimum atomic E-state index is -1.29. The molecule has 32 heteroatoms. The Morgan fingerprint density at radius 1 is 0.408 bits per heavy atom. The first-order valence-electron chi connectivity index (χ1n) is 29.8. The summed E-state index contributed by atoms with van der Waals surface area (Å²) in [6.07, 6.45) is 1.70. The summed E-state index contributed by atoms with van der Waals surface area (Å²) >= 11 is 51.2. The number of nitrogens with one attached hydrogen (secondary N) is 8. The number of carbonyl (C=O) groups is 4. The molecule has 518 valence electrons. The van der Waals surface area contributed by atoms with Crippen molar-refractivity contribution in [1.29, 1.82) is 0 Å². The normalized spacial score (nSPS) is 10.5. The molecule has 22 nitrogen and oxygen atoms in total. The Bertz CT molecular complexity index is 4820. The number of H-pyrrole nitrogens is 2. The quantitative estimate of drug-likeness (QED) is 0.0244. The van der Waals surface area contributed by atoms with Crippen molar-refractivity contribution < 1.29 is 130 Å². The second-order valence-electron chi connectivity index (χ2n) is 22.0. The summed E-state index contributed by atoms with van der Waals surface area (Å²) in [7, 11) is 0. The van der Waals surface area contributed by atoms with Gasteiger partial charge in [-0.15, -0.1) is 0 Å². The van der Waals surface area contributed by atoms with Gasteiger partial charge in [0, 0.05) is 56.1 Å². The SMILES string of the molecule is Cc1[nH]ncc1-c1cc(Cl)c(Nc2ccccc2C(=O)NO)c(Cl)c1.Cc1n[nH]c(C)c1-c1cc(Cl)c(Nc2ccccc2C(=O)NO)c(Cl)c1.Cc1noc(C)c1-c1cc(Cl)c(Nc2ccccc2C(=O)[O-])c(Cl)c1.Cc1noc(C)c1-c1cc(Cl)c(Nc2ccccc2C(=O)[O-])c(Cl)c1.[K+].[Na+]. The van der Waals surface area contributed by atoms with Crippen LogP contribution in [0.25, 0.3) is 44.5 Å². The molecule has 0 aliphatic rings. The Labute approximate surface area is 694 Å². The molecule has 0 radical (unpaired) electrons. The van der Waals surface area contributed by atoms with Crippen LogP contribution in [0.4, 0.5) is 45.5 Å². The van der Waals surface area contributed by atoms with E-state index in [0.717, 1.165) is 73.0 Å². The number of aromatic amines is 2. The van der Waals surface area contributed by atoms with Crippen molar-refractivity contribution in [2.45, 2.75) is 48.5 Å². The van der Waals surface area contributed by atoms with Crippen LogP contribution in [0.1, 0.15) is 81.4 Å². The molecule has 12 rings (SSSR count). The number of carboxylic acids is 2. The van der Waals surface area contributed by atoms with Gasteiger partial charge in [0.05, 0.1) is 121 Å². The molecule has 0 fully saturated rings. The van der Waals surface area contributed by atoms with E-state index in [1.165, 1.54) is 12.1 Å². The molecule has 0 saturated carbocycles. The first-order chi connectivity index (χ1) is 48.2. The summed E-state index contributed by atoms with van der Waals surface area (Å²) < 4.78 is 10.3. The van der Waals surface area contributed by atoms with Crippen LogP contribution in [0.15, 0.2) is 161 Å². The fraction of sp³-hybridized carbons (Fsp3) is 0.0986. The molecule has 0 aliphatic carbocycles. The third-order valence-corrected chi connectivity index (χ3v) is 17.6. The van der Waals surface area contributed by atoms with Gasteiger partial charge < -0.3 is 50.1 Å². The minimum absolute atomic E-state index is 0. The molecule has 0 spiro atoms. The number of hydrogen-bond donors (Lipinski definition) is 10. The molecule has 0 atom stereocenters. The zero-order valence-corrected chi connectivity index (χ0v) is 67.1. The molecular weight excluding hydrogens is 1530 g/mol. The molecular formula is C71H56Cl8KN12NaO10. The van der Waals surface area contributed by atoms with Gasteiger partial charge in [0.25, 0.3) is 11.8 Å². The van der Waals surface area contributed by atoms with E-state index in [4.69, 9.17) is 112 Å². The van der Waals surface area contributed by atoms with E-state index in [1.54, 1.807) is 164 Å². The first kappa shape index (κ1) is 82.8. The second-order valence-corrected chi connectivity index (χ2v) is 25.3. The number of amides is 2. The standard InChI is InChI=1S/C18H16Cl2N4O2.2C18H14Cl2N2O3.C17H14Cl2N4O2.K.Na/c1-9-16(10(2)23-22-9)11-7-13(19)17(14(20)8-11)21-15-6-4-3-5-12(15)18(25)24-26;2*1-9-16(10(2)25-22-9)11-7-13(19)17(14(20)8-11)21-15-6-4-3-5-12(15)18(23)24;1-9-12(8-20-22-9)10-6-13(18)16(14(19)7-10)21-15-5-3-2-4-11(15)17(24)23-25;;/h3-8,21,26H,1-2H3,(H,22,23)(H,24,25);2*3-8,21H,1-2H3,(H,23,24);2-8,21,25H,1H3,(H,20,22)(H,23,24);;/q;;;;2*+1/p-2. The molecule has 12 aromatic rings. The number of aromatic nitrogens is 6. The number of hydroxylamine groups is 2. The van der Waals surface area contributed by atoms with Crippen LogP contribution in [0.3, 0.4) is 0 Å². The number of hydrogen-bond acceptors (Lipinski definition) is 18. The van der Waals surface area contributed by atoms with Gasteiger partial charge in [-0.2, -0.15) is 10.2 Å². The van der Waals surface area contributed by atoms with Crippen LogP contribution >= 0.6 is 92.8 Å². The number of halogens is 8. The van der Waals surface area contributed by atoms with Gasteiger partial charge in [-0.1, -0.05) is 164 Å². The van der Waals surface area contributed by atoms with Crippen LogP contribution in [0.2, 0.25) is 40.2 Å². The van der Waals surface area contributed by atoms with Crippen molar-refractivity contribution in [3.63, 3.8) is 0 Å². The number of aryl methyl sites for hydroxylation is 7. The maximum atomic E-state index is 11.8. The molecule has 0 aliphatic heterocycles. The number of carbonyl (C=O) groups excluding carboxylic acids is 4. The number of anilines is 8. The Morgan fingerprint density at radius 3 is 0.961 bits per heavy atom. The molecule has 10 N–H and O–H groups in total. The van der Waals surface area contributed by atoms with Crippen molar-refractivity contribution >= 4 is 162 Å². The van der Waals surface area contributed by atoms with E-state index in [1.807, 2.05) is 34.6 Å². The Hall–Kier alpha value is -7.44. The summed E-state index contributed by atoms with van der Waals surface area (Å²) in [5.41, 5.74) is 18.0. The Morgan fingerprint density at radius 2 is 0.699 bits per heavy atom. The van der Waals surface area contributed by atoms with Gasteiger partial charge in [0.15, 0.2) is 0 Å². The van der Waals surface area contributed by atoms with E-state index < -0.39 is 23.8 Å². The number of para-hydroxylation sites is 4. The summed E-state index contributed by atoms with van der Waals surface area (Å²) in [6, 6.07) is 40.1. The van der Waals surface area contributed by atoms with Crippen LogP contribution in [0.5, 0.6) is 0 Å². The van der Waals surface area contributed by atoms with Crippen LogP contribution in [0, 0.1) is 48.5 Å². The number of carboxylic acid groups (broad SMARTS) is 2. The van der Waals surface area contributed by atoms with E-state index >= 15 is 0 Å². The molecule has 103 heavy (non-hydrogen) atoms. The van der Waals surface area contributed by atoms with Gasteiger partial charge >= 0.3 is 80.9 Å². The van der Waals surface area contributed by atoms with Crippen molar-refractivity contribution in [3.05, 3.63) is 254 Å². The summed E-state index contributed by atoms with van der Waals surface area (Å²) in [5.74, 6) is -2.53. The van der Waals surface area contributed by atoms with Crippen LogP contribution in [-0.2, 0) is 0 Å². The maximum Gasteiger partial charge on any atom is 1.00 e. The van der Waals surface area contributed by atoms with Gasteiger partial charge in [0.1, 0.15) is 11.5 Å². The van der Waals surface area contributed by atoms with E-state index in [0.29, 0.717) is 97.2 Å². The zero-order chi connectivity index (χ0) is 73.1. The predicted octanol–water partition coefficient (Wildman–Crippen LogP) is 12.2. The van der Waals surface area contributed by atoms with E-state index in [9.17, 15) is 29.4 Å². The summed E-state index contributed by atoms with van der Waals surface area (Å²) in [5, 5.41) is 77.1. The van der Waals surface area contributed by atoms with Gasteiger partial charge in [0.2, 0.25) is 0 Å². The topological polar surface area (TPSA) is 336 Å². The molecule has 8 aromatic carbocycles.